The van der Waals surface area contributed by atoms with Gasteiger partial charge in [-0.15, -0.1) is 0 Å². The first kappa shape index (κ1) is 14.7. The highest BCUT2D eigenvalue weighted by atomic mass is 16.6. The van der Waals surface area contributed by atoms with Crippen LogP contribution in [-0.2, 0) is 6.54 Å². The van der Waals surface area contributed by atoms with E-state index in [0.717, 1.165) is 25.1 Å². The van der Waals surface area contributed by atoms with E-state index >= 15 is 0 Å². The molecule has 1 heterocycles. The number of piperidine rings is 1. The van der Waals surface area contributed by atoms with Gasteiger partial charge < -0.3 is 5.43 Å². The van der Waals surface area contributed by atoms with E-state index in [1.165, 1.54) is 12.5 Å². The minimum atomic E-state index is -0.404. The summed E-state index contributed by atoms with van der Waals surface area (Å²) in [5.74, 6) is 5.47. The van der Waals surface area contributed by atoms with Crippen LogP contribution in [0.2, 0.25) is 0 Å². The lowest BCUT2D eigenvalue weighted by Crippen LogP contribution is -2.39. The highest BCUT2D eigenvalue weighted by Gasteiger charge is 2.27. The second-order valence-electron chi connectivity index (χ2n) is 6.19. The second-order valence-corrected chi connectivity index (χ2v) is 6.19. The Bertz CT molecular complexity index is 502. The maximum atomic E-state index is 11.0. The van der Waals surface area contributed by atoms with Crippen LogP contribution in [0.25, 0.3) is 0 Å². The number of anilines is 1. The van der Waals surface area contributed by atoms with Crippen molar-refractivity contribution >= 4 is 11.4 Å². The standard InChI is InChI=1S/C14H22N4O2/c1-14(2)7-4-8-17(10-14)9-11-5-3-6-12(18(19)20)13(11)16-15/h3,5-6,16H,4,7-10,15H2,1-2H3. The molecule has 0 bridgehead atoms. The Kier molecular flexibility index (Phi) is 4.25. The van der Waals surface area contributed by atoms with Crippen LogP contribution in [0.4, 0.5) is 11.4 Å². The lowest BCUT2D eigenvalue weighted by Gasteiger charge is -2.38. The number of rotatable bonds is 4. The molecule has 20 heavy (non-hydrogen) atoms. The van der Waals surface area contributed by atoms with Crippen LogP contribution in [0.3, 0.4) is 0 Å². The van der Waals surface area contributed by atoms with Gasteiger partial charge in [-0.05, 0) is 30.4 Å². The van der Waals surface area contributed by atoms with Gasteiger partial charge in [-0.2, -0.15) is 0 Å². The largest absolute Gasteiger partial charge is 0.318 e. The molecule has 2 rings (SSSR count). The fourth-order valence-corrected chi connectivity index (χ4v) is 2.96. The van der Waals surface area contributed by atoms with Crippen LogP contribution < -0.4 is 11.3 Å². The van der Waals surface area contributed by atoms with Crippen LogP contribution in [0.5, 0.6) is 0 Å². The molecule has 0 unspecified atom stereocenters. The fraction of sp³-hybridized carbons (Fsp3) is 0.571. The van der Waals surface area contributed by atoms with E-state index in [4.69, 9.17) is 5.84 Å². The number of hydrogen-bond acceptors (Lipinski definition) is 5. The smallest absolute Gasteiger partial charge is 0.293 e. The topological polar surface area (TPSA) is 84.4 Å². The average Bonchev–Trinajstić information content (AvgIpc) is 2.37. The average molecular weight is 278 g/mol. The maximum absolute atomic E-state index is 11.0. The third-order valence-electron chi connectivity index (χ3n) is 3.84. The highest BCUT2D eigenvalue weighted by molar-refractivity contribution is 5.65. The number of benzene rings is 1. The molecule has 1 aromatic rings. The summed E-state index contributed by atoms with van der Waals surface area (Å²) in [6.45, 7) is 7.23. The molecule has 1 fully saturated rings. The summed E-state index contributed by atoms with van der Waals surface area (Å²) in [6, 6.07) is 5.08. The monoisotopic (exact) mass is 278 g/mol. The number of nitrogens with one attached hydrogen (secondary N) is 1. The number of hydrogen-bond donors (Lipinski definition) is 2. The molecule has 1 aliphatic heterocycles. The molecule has 0 spiro atoms. The Hall–Kier alpha value is -1.66. The molecule has 3 N–H and O–H groups in total. The van der Waals surface area contributed by atoms with Crippen molar-refractivity contribution < 1.29 is 4.92 Å². The zero-order valence-corrected chi connectivity index (χ0v) is 12.1. The van der Waals surface area contributed by atoms with Crippen LogP contribution in [0.1, 0.15) is 32.3 Å². The number of nitrogen functional groups attached to an aromatic ring is 1. The molecule has 0 aliphatic carbocycles. The first-order chi connectivity index (χ1) is 9.43. The number of nitrogens with two attached hydrogens (primary N) is 1. The Balaban J connectivity index is 2.21. The predicted octanol–water partition coefficient (Wildman–Crippen LogP) is 2.50. The van der Waals surface area contributed by atoms with Crippen molar-refractivity contribution in [2.24, 2.45) is 11.3 Å². The van der Waals surface area contributed by atoms with Crippen LogP contribution in [0.15, 0.2) is 18.2 Å². The van der Waals surface area contributed by atoms with Crippen LogP contribution in [0, 0.1) is 15.5 Å². The third kappa shape index (κ3) is 3.26. The van der Waals surface area contributed by atoms with Crippen LogP contribution >= 0.6 is 0 Å². The maximum Gasteiger partial charge on any atom is 0.293 e. The van der Waals surface area contributed by atoms with E-state index in [0.29, 0.717) is 17.6 Å². The van der Waals surface area contributed by atoms with Gasteiger partial charge in [0.1, 0.15) is 5.69 Å². The number of likely N-dealkylation sites (tertiary alicyclic amines) is 1. The normalized spacial score (nSPS) is 18.8. The summed E-state index contributed by atoms with van der Waals surface area (Å²) >= 11 is 0. The molecule has 0 saturated carbocycles. The van der Waals surface area contributed by atoms with Gasteiger partial charge in [-0.3, -0.25) is 20.9 Å². The van der Waals surface area contributed by atoms with Crippen molar-refractivity contribution in [3.63, 3.8) is 0 Å². The number of nitrogens with zero attached hydrogens (tertiary/aromatic N) is 2. The summed E-state index contributed by atoms with van der Waals surface area (Å²) in [5, 5.41) is 11.0. The van der Waals surface area contributed by atoms with Crippen molar-refractivity contribution in [2.75, 3.05) is 18.5 Å². The van der Waals surface area contributed by atoms with Gasteiger partial charge >= 0.3 is 0 Å². The lowest BCUT2D eigenvalue weighted by atomic mass is 9.84. The van der Waals surface area contributed by atoms with Gasteiger partial charge in [0, 0.05) is 19.2 Å². The van der Waals surface area contributed by atoms with E-state index in [-0.39, 0.29) is 5.69 Å². The molecule has 0 amide bonds. The van der Waals surface area contributed by atoms with E-state index in [1.807, 2.05) is 6.07 Å². The Labute approximate surface area is 119 Å². The van der Waals surface area contributed by atoms with Crippen molar-refractivity contribution in [1.29, 1.82) is 0 Å². The SMILES string of the molecule is CC1(C)CCCN(Cc2cccc([N+](=O)[O-])c2NN)C1. The molecule has 0 radical (unpaired) electrons. The Morgan fingerprint density at radius 3 is 2.85 bits per heavy atom. The third-order valence-corrected chi connectivity index (χ3v) is 3.84. The molecule has 1 aromatic carbocycles. The van der Waals surface area contributed by atoms with E-state index in [2.05, 4.69) is 24.2 Å². The quantitative estimate of drug-likeness (QED) is 0.502. The van der Waals surface area contributed by atoms with Gasteiger partial charge in [-0.1, -0.05) is 26.0 Å². The van der Waals surface area contributed by atoms with Crippen molar-refractivity contribution in [1.82, 2.24) is 4.90 Å². The van der Waals surface area contributed by atoms with Gasteiger partial charge in [0.15, 0.2) is 0 Å². The fourth-order valence-electron chi connectivity index (χ4n) is 2.96. The number of nitro benzene ring substituents is 1. The van der Waals surface area contributed by atoms with Gasteiger partial charge in [0.25, 0.3) is 5.69 Å². The number of nitro groups is 1. The van der Waals surface area contributed by atoms with Gasteiger partial charge in [0.2, 0.25) is 0 Å². The van der Waals surface area contributed by atoms with E-state index in [1.54, 1.807) is 6.07 Å². The summed E-state index contributed by atoms with van der Waals surface area (Å²) < 4.78 is 0. The molecule has 1 aliphatic rings. The van der Waals surface area contributed by atoms with Crippen LogP contribution in [-0.4, -0.2) is 22.9 Å². The van der Waals surface area contributed by atoms with Gasteiger partial charge in [-0.25, -0.2) is 0 Å². The Morgan fingerprint density at radius 2 is 2.25 bits per heavy atom. The van der Waals surface area contributed by atoms with Crippen molar-refractivity contribution in [2.45, 2.75) is 33.2 Å². The van der Waals surface area contributed by atoms with E-state index < -0.39 is 4.92 Å². The molecule has 0 atom stereocenters. The lowest BCUT2D eigenvalue weighted by molar-refractivity contribution is -0.384. The minimum Gasteiger partial charge on any atom is -0.318 e. The Morgan fingerprint density at radius 1 is 1.50 bits per heavy atom. The summed E-state index contributed by atoms with van der Waals surface area (Å²) in [5.41, 5.74) is 4.11. The zero-order chi connectivity index (χ0) is 14.8. The summed E-state index contributed by atoms with van der Waals surface area (Å²) in [7, 11) is 0. The molecular weight excluding hydrogens is 256 g/mol. The van der Waals surface area contributed by atoms with Crippen molar-refractivity contribution in [3.05, 3.63) is 33.9 Å². The number of para-hydroxylation sites is 1. The van der Waals surface area contributed by atoms with Gasteiger partial charge in [0.05, 0.1) is 4.92 Å². The number of hydrazine groups is 1. The first-order valence-corrected chi connectivity index (χ1v) is 6.88. The summed E-state index contributed by atoms with van der Waals surface area (Å²) in [6.07, 6.45) is 2.38. The second kappa shape index (κ2) is 5.76. The van der Waals surface area contributed by atoms with E-state index in [9.17, 15) is 10.1 Å². The molecule has 6 nitrogen and oxygen atoms in total. The molecule has 110 valence electrons. The zero-order valence-electron chi connectivity index (χ0n) is 12.1. The minimum absolute atomic E-state index is 0.0290. The molecule has 6 heteroatoms. The van der Waals surface area contributed by atoms with Crippen molar-refractivity contribution in [3.8, 4) is 0 Å². The summed E-state index contributed by atoms with van der Waals surface area (Å²) in [4.78, 5) is 13.0. The highest BCUT2D eigenvalue weighted by Crippen LogP contribution is 2.32. The molecular formula is C14H22N4O2. The molecule has 1 saturated heterocycles. The predicted molar refractivity (Wildman–Crippen MR) is 79.2 cm³/mol. The first-order valence-electron chi connectivity index (χ1n) is 6.88. The molecule has 0 aromatic heterocycles.